The quantitative estimate of drug-likeness (QED) is 0.261. The summed E-state index contributed by atoms with van der Waals surface area (Å²) in [7, 11) is 0. The maximum absolute atomic E-state index is 14.3. The number of amides is 3. The second-order valence-electron chi connectivity index (χ2n) is 11.4. The van der Waals surface area contributed by atoms with E-state index in [1.165, 1.54) is 17.0 Å². The molecule has 3 aromatic carbocycles. The Kier molecular flexibility index (Phi) is 10.9. The Morgan fingerprint density at radius 2 is 1.53 bits per heavy atom. The van der Waals surface area contributed by atoms with Crippen LogP contribution in [-0.2, 0) is 27.2 Å². The first-order valence-electron chi connectivity index (χ1n) is 14.2. The first-order chi connectivity index (χ1) is 20.3. The summed E-state index contributed by atoms with van der Waals surface area (Å²) in [4.78, 5) is 42.4. The molecule has 9 nitrogen and oxygen atoms in total. The second-order valence-corrected chi connectivity index (χ2v) is 11.4. The van der Waals surface area contributed by atoms with Crippen LogP contribution >= 0.6 is 0 Å². The van der Waals surface area contributed by atoms with Crippen molar-refractivity contribution in [2.75, 3.05) is 11.9 Å². The van der Waals surface area contributed by atoms with Gasteiger partial charge in [-0.3, -0.25) is 9.59 Å². The molecule has 2 unspecified atom stereocenters. The molecule has 0 spiro atoms. The van der Waals surface area contributed by atoms with Gasteiger partial charge in [0.15, 0.2) is 0 Å². The summed E-state index contributed by atoms with van der Waals surface area (Å²) in [6, 6.07) is 18.9. The molecule has 0 aromatic heterocycles. The SMILES string of the molecule is CCc1ccc(C(C(=O)Nc2c(C)cccc2C)N(CC#N)C(=O)C(Cc2ccc(O)cc2)NC(=O)OC(C)(C)C)cc1. The standard InChI is InChI=1S/C34H40N4O5/c1-7-24-11-15-26(16-12-24)30(31(40)37-29-22(2)9-8-10-23(29)3)38(20-19-35)32(41)28(36-33(42)43-34(4,5)6)21-25-13-17-27(39)18-14-25/h8-18,28,30,39H,7,20-21H2,1-6H3,(H,36,42)(H,37,40). The number of phenols is 1. The molecule has 226 valence electrons. The lowest BCUT2D eigenvalue weighted by molar-refractivity contribution is -0.140. The third kappa shape index (κ3) is 9.07. The average molecular weight is 585 g/mol. The summed E-state index contributed by atoms with van der Waals surface area (Å²) in [6.07, 6.45) is 0.000210. The molecule has 0 saturated heterocycles. The van der Waals surface area contributed by atoms with Gasteiger partial charge in [0.25, 0.3) is 5.91 Å². The van der Waals surface area contributed by atoms with Crippen molar-refractivity contribution in [2.24, 2.45) is 0 Å². The van der Waals surface area contributed by atoms with E-state index < -0.39 is 42.1 Å². The van der Waals surface area contributed by atoms with Crippen LogP contribution < -0.4 is 10.6 Å². The second kappa shape index (κ2) is 14.4. The van der Waals surface area contributed by atoms with E-state index in [2.05, 4.69) is 10.6 Å². The first-order valence-corrected chi connectivity index (χ1v) is 14.2. The summed E-state index contributed by atoms with van der Waals surface area (Å²) in [5.41, 5.74) is 3.72. The zero-order valence-electron chi connectivity index (χ0n) is 25.6. The van der Waals surface area contributed by atoms with Gasteiger partial charge in [0, 0.05) is 12.1 Å². The van der Waals surface area contributed by atoms with E-state index in [4.69, 9.17) is 4.74 Å². The number of aryl methyl sites for hydroxylation is 3. The van der Waals surface area contributed by atoms with Gasteiger partial charge in [-0.15, -0.1) is 0 Å². The minimum Gasteiger partial charge on any atom is -0.508 e. The van der Waals surface area contributed by atoms with E-state index in [1.807, 2.05) is 57.2 Å². The normalized spacial score (nSPS) is 12.4. The van der Waals surface area contributed by atoms with Gasteiger partial charge in [-0.2, -0.15) is 5.26 Å². The Hall–Kier alpha value is -4.84. The number of hydrogen-bond acceptors (Lipinski definition) is 6. The third-order valence-electron chi connectivity index (χ3n) is 6.88. The largest absolute Gasteiger partial charge is 0.508 e. The van der Waals surface area contributed by atoms with Crippen LogP contribution in [0, 0.1) is 25.2 Å². The lowest BCUT2D eigenvalue weighted by Gasteiger charge is -2.33. The van der Waals surface area contributed by atoms with Gasteiger partial charge in [-0.25, -0.2) is 4.79 Å². The van der Waals surface area contributed by atoms with Crippen LogP contribution in [0.1, 0.15) is 61.6 Å². The highest BCUT2D eigenvalue weighted by molar-refractivity contribution is 6.00. The van der Waals surface area contributed by atoms with Crippen molar-refractivity contribution in [3.05, 3.63) is 94.5 Å². The van der Waals surface area contributed by atoms with Crippen LogP contribution in [0.15, 0.2) is 66.7 Å². The minimum absolute atomic E-state index is 0.0281. The minimum atomic E-state index is -1.18. The predicted octanol–water partition coefficient (Wildman–Crippen LogP) is 5.74. The maximum Gasteiger partial charge on any atom is 0.408 e. The first kappa shape index (κ1) is 32.7. The summed E-state index contributed by atoms with van der Waals surface area (Å²) in [5, 5.41) is 25.2. The molecule has 0 saturated carbocycles. The molecule has 0 fully saturated rings. The van der Waals surface area contributed by atoms with E-state index in [9.17, 15) is 24.8 Å². The van der Waals surface area contributed by atoms with Crippen LogP contribution in [0.3, 0.4) is 0 Å². The zero-order valence-corrected chi connectivity index (χ0v) is 25.6. The molecule has 0 aliphatic heterocycles. The number of anilines is 1. The number of para-hydroxylation sites is 1. The van der Waals surface area contributed by atoms with Crippen LogP contribution in [0.2, 0.25) is 0 Å². The molecule has 3 N–H and O–H groups in total. The number of alkyl carbamates (subject to hydrolysis) is 1. The van der Waals surface area contributed by atoms with E-state index in [-0.39, 0.29) is 12.2 Å². The maximum atomic E-state index is 14.3. The fourth-order valence-electron chi connectivity index (χ4n) is 4.70. The number of ether oxygens (including phenoxy) is 1. The van der Waals surface area contributed by atoms with Crippen LogP contribution in [-0.4, -0.2) is 46.1 Å². The highest BCUT2D eigenvalue weighted by Gasteiger charge is 2.36. The molecule has 0 aliphatic carbocycles. The molecule has 2 atom stereocenters. The van der Waals surface area contributed by atoms with Gasteiger partial charge in [-0.05, 0) is 81.0 Å². The van der Waals surface area contributed by atoms with Gasteiger partial charge in [0.05, 0.1) is 6.07 Å². The smallest absolute Gasteiger partial charge is 0.408 e. The Bertz CT molecular complexity index is 1450. The molecule has 3 aromatic rings. The summed E-state index contributed by atoms with van der Waals surface area (Å²) in [5.74, 6) is -1.08. The lowest BCUT2D eigenvalue weighted by Crippen LogP contribution is -2.53. The number of benzene rings is 3. The summed E-state index contributed by atoms with van der Waals surface area (Å²) < 4.78 is 5.43. The van der Waals surface area contributed by atoms with Crippen molar-refractivity contribution in [3.8, 4) is 11.8 Å². The highest BCUT2D eigenvalue weighted by atomic mass is 16.6. The Morgan fingerprint density at radius 3 is 2.07 bits per heavy atom. The molecule has 9 heteroatoms. The topological polar surface area (TPSA) is 132 Å². The number of carbonyl (C=O) groups excluding carboxylic acids is 3. The third-order valence-corrected chi connectivity index (χ3v) is 6.88. The van der Waals surface area contributed by atoms with Crippen LogP contribution in [0.4, 0.5) is 10.5 Å². The number of hydrogen-bond donors (Lipinski definition) is 3. The van der Waals surface area contributed by atoms with Gasteiger partial charge in [0.1, 0.15) is 30.0 Å². The van der Waals surface area contributed by atoms with Crippen LogP contribution in [0.25, 0.3) is 0 Å². The number of nitriles is 1. The molecule has 0 heterocycles. The van der Waals surface area contributed by atoms with E-state index in [0.717, 1.165) is 23.1 Å². The Labute approximate surface area is 253 Å². The molecule has 0 bridgehead atoms. The van der Waals surface area contributed by atoms with Crippen molar-refractivity contribution in [1.29, 1.82) is 5.26 Å². The fourth-order valence-corrected chi connectivity index (χ4v) is 4.70. The molecule has 0 aliphatic rings. The van der Waals surface area contributed by atoms with Gasteiger partial charge < -0.3 is 25.4 Å². The number of aromatic hydroxyl groups is 1. The van der Waals surface area contributed by atoms with E-state index in [0.29, 0.717) is 16.8 Å². The van der Waals surface area contributed by atoms with Gasteiger partial charge in [0.2, 0.25) is 5.91 Å². The predicted molar refractivity (Wildman–Crippen MR) is 165 cm³/mol. The average Bonchev–Trinajstić information content (AvgIpc) is 2.94. The molecule has 3 rings (SSSR count). The van der Waals surface area contributed by atoms with Gasteiger partial charge >= 0.3 is 6.09 Å². The van der Waals surface area contributed by atoms with Crippen molar-refractivity contribution in [3.63, 3.8) is 0 Å². The number of rotatable bonds is 10. The molecule has 43 heavy (non-hydrogen) atoms. The Balaban J connectivity index is 2.08. The Morgan fingerprint density at radius 1 is 0.953 bits per heavy atom. The van der Waals surface area contributed by atoms with Crippen molar-refractivity contribution >= 4 is 23.6 Å². The van der Waals surface area contributed by atoms with Crippen molar-refractivity contribution in [2.45, 2.75) is 72.1 Å². The number of nitrogens with one attached hydrogen (secondary N) is 2. The lowest BCUT2D eigenvalue weighted by atomic mass is 9.98. The zero-order chi connectivity index (χ0) is 31.7. The molecule has 3 amide bonds. The molecular weight excluding hydrogens is 544 g/mol. The monoisotopic (exact) mass is 584 g/mol. The highest BCUT2D eigenvalue weighted by Crippen LogP contribution is 2.28. The molecular formula is C34H40N4O5. The van der Waals surface area contributed by atoms with E-state index in [1.54, 1.807) is 45.0 Å². The van der Waals surface area contributed by atoms with Crippen molar-refractivity contribution < 1.29 is 24.2 Å². The summed E-state index contributed by atoms with van der Waals surface area (Å²) in [6.45, 7) is 10.5. The number of phenolic OH excluding ortho intramolecular Hbond substituents is 1. The fraction of sp³-hybridized carbons (Fsp3) is 0.353. The number of carbonyl (C=O) groups is 3. The number of nitrogens with zero attached hydrogens (tertiary/aromatic N) is 2. The molecule has 0 radical (unpaired) electrons. The van der Waals surface area contributed by atoms with Gasteiger partial charge in [-0.1, -0.05) is 61.5 Å². The van der Waals surface area contributed by atoms with Crippen molar-refractivity contribution in [1.82, 2.24) is 10.2 Å². The van der Waals surface area contributed by atoms with Crippen LogP contribution in [0.5, 0.6) is 5.75 Å². The summed E-state index contributed by atoms with van der Waals surface area (Å²) >= 11 is 0. The van der Waals surface area contributed by atoms with E-state index >= 15 is 0 Å².